The Kier molecular flexibility index (Phi) is 4.99. The van der Waals surface area contributed by atoms with Gasteiger partial charge < -0.3 is 14.3 Å². The van der Waals surface area contributed by atoms with E-state index in [0.717, 1.165) is 16.7 Å². The van der Waals surface area contributed by atoms with Crippen molar-refractivity contribution in [3.8, 4) is 0 Å². The van der Waals surface area contributed by atoms with Gasteiger partial charge in [0.2, 0.25) is 5.43 Å². The van der Waals surface area contributed by atoms with Gasteiger partial charge >= 0.3 is 29.6 Å². The summed E-state index contributed by atoms with van der Waals surface area (Å²) >= 11 is 0. The maximum absolute atomic E-state index is 12.8. The molecular formula is C18H15NaO4. The molecule has 0 bridgehead atoms. The first-order valence-electron chi connectivity index (χ1n) is 7.05. The number of aryl methyl sites for hydroxylation is 3. The summed E-state index contributed by atoms with van der Waals surface area (Å²) in [5.41, 5.74) is 3.97. The Bertz CT molecular complexity index is 986. The van der Waals surface area contributed by atoms with Crippen LogP contribution < -0.4 is 40.1 Å². The number of rotatable bonds is 2. The van der Waals surface area contributed by atoms with Crippen molar-refractivity contribution in [1.29, 1.82) is 0 Å². The van der Waals surface area contributed by atoms with E-state index in [1.807, 2.05) is 26.8 Å². The minimum Gasteiger partial charge on any atom is -0.550 e. The van der Waals surface area contributed by atoms with E-state index < -0.39 is 5.97 Å². The molecule has 4 nitrogen and oxygen atoms in total. The molecule has 1 aromatic heterocycles. The maximum atomic E-state index is 12.8. The standard InChI is InChI=1S/C18H16O4.Na/c1-9-7-10(2)15-16(21)13-6-4-5-12(8-14(19)20)18(13)22-17(15)11(9)3;/h4-7H,8H2,1-3H3,(H,19,20);/q;+1/p-1. The molecule has 0 N–H and O–H groups in total. The number of carbonyl (C=O) groups excluding carboxylic acids is 1. The number of carboxylic acids is 1. The monoisotopic (exact) mass is 318 g/mol. The third-order valence-corrected chi connectivity index (χ3v) is 4.09. The fourth-order valence-electron chi connectivity index (χ4n) is 2.88. The normalized spacial score (nSPS) is 10.7. The van der Waals surface area contributed by atoms with Crippen LogP contribution in [0.1, 0.15) is 22.3 Å². The SMILES string of the molecule is Cc1cc(C)c2c(=O)c3cccc(CC(=O)[O-])c3oc2c1C.[Na+]. The third kappa shape index (κ3) is 2.94. The molecule has 0 amide bonds. The van der Waals surface area contributed by atoms with Gasteiger partial charge in [-0.15, -0.1) is 0 Å². The first-order chi connectivity index (χ1) is 10.4. The predicted molar refractivity (Wildman–Crippen MR) is 82.9 cm³/mol. The van der Waals surface area contributed by atoms with Gasteiger partial charge in [0.1, 0.15) is 11.2 Å². The second-order valence-electron chi connectivity index (χ2n) is 5.61. The summed E-state index contributed by atoms with van der Waals surface area (Å²) in [4.78, 5) is 23.7. The summed E-state index contributed by atoms with van der Waals surface area (Å²) in [7, 11) is 0. The van der Waals surface area contributed by atoms with Crippen LogP contribution in [0.25, 0.3) is 21.9 Å². The van der Waals surface area contributed by atoms with Gasteiger partial charge in [-0.1, -0.05) is 18.2 Å². The van der Waals surface area contributed by atoms with Crippen LogP contribution in [-0.4, -0.2) is 5.97 Å². The summed E-state index contributed by atoms with van der Waals surface area (Å²) < 4.78 is 5.96. The molecule has 0 aliphatic heterocycles. The van der Waals surface area contributed by atoms with Crippen LogP contribution in [-0.2, 0) is 11.2 Å². The minimum absolute atomic E-state index is 0. The Balaban J connectivity index is 0.00000192. The molecule has 5 heteroatoms. The Morgan fingerprint density at radius 3 is 2.48 bits per heavy atom. The van der Waals surface area contributed by atoms with Crippen molar-refractivity contribution in [2.45, 2.75) is 27.2 Å². The van der Waals surface area contributed by atoms with Crippen LogP contribution in [0.3, 0.4) is 0 Å². The van der Waals surface area contributed by atoms with Gasteiger partial charge in [-0.05, 0) is 43.5 Å². The molecule has 0 unspecified atom stereocenters. The summed E-state index contributed by atoms with van der Waals surface area (Å²) in [5.74, 6) is -1.20. The van der Waals surface area contributed by atoms with E-state index >= 15 is 0 Å². The number of carboxylic acid groups (broad SMARTS) is 1. The molecule has 0 aliphatic rings. The van der Waals surface area contributed by atoms with Gasteiger partial charge in [0, 0.05) is 18.0 Å². The first kappa shape index (κ1) is 17.7. The molecule has 3 rings (SSSR count). The molecule has 0 spiro atoms. The van der Waals surface area contributed by atoms with Crippen molar-refractivity contribution in [2.24, 2.45) is 0 Å². The molecule has 0 atom stereocenters. The van der Waals surface area contributed by atoms with Gasteiger partial charge in [-0.25, -0.2) is 0 Å². The van der Waals surface area contributed by atoms with Crippen LogP contribution in [0.15, 0.2) is 33.5 Å². The molecule has 0 aliphatic carbocycles. The Morgan fingerprint density at radius 1 is 1.13 bits per heavy atom. The van der Waals surface area contributed by atoms with Gasteiger partial charge in [0.25, 0.3) is 0 Å². The maximum Gasteiger partial charge on any atom is 1.00 e. The summed E-state index contributed by atoms with van der Waals surface area (Å²) in [6, 6.07) is 6.93. The molecule has 0 radical (unpaired) electrons. The molecular weight excluding hydrogens is 303 g/mol. The Morgan fingerprint density at radius 2 is 1.83 bits per heavy atom. The van der Waals surface area contributed by atoms with E-state index in [1.54, 1.807) is 18.2 Å². The van der Waals surface area contributed by atoms with Gasteiger partial charge in [-0.3, -0.25) is 4.79 Å². The second-order valence-corrected chi connectivity index (χ2v) is 5.61. The summed E-state index contributed by atoms with van der Waals surface area (Å²) in [5, 5.41) is 11.9. The number of aliphatic carboxylic acids is 1. The van der Waals surface area contributed by atoms with Crippen molar-refractivity contribution in [1.82, 2.24) is 0 Å². The quantitative estimate of drug-likeness (QED) is 0.457. The molecule has 2 aromatic carbocycles. The van der Waals surface area contributed by atoms with E-state index in [-0.39, 0.29) is 41.4 Å². The molecule has 0 fully saturated rings. The van der Waals surface area contributed by atoms with E-state index in [0.29, 0.717) is 27.5 Å². The molecule has 0 saturated carbocycles. The number of para-hydroxylation sites is 1. The van der Waals surface area contributed by atoms with Crippen molar-refractivity contribution in [3.63, 3.8) is 0 Å². The zero-order chi connectivity index (χ0) is 16.0. The van der Waals surface area contributed by atoms with E-state index in [4.69, 9.17) is 4.42 Å². The van der Waals surface area contributed by atoms with E-state index in [9.17, 15) is 14.7 Å². The molecule has 1 heterocycles. The molecule has 23 heavy (non-hydrogen) atoms. The zero-order valence-electron chi connectivity index (χ0n) is 13.6. The van der Waals surface area contributed by atoms with E-state index in [2.05, 4.69) is 0 Å². The predicted octanol–water partition coefficient (Wildman–Crippen LogP) is -0.832. The zero-order valence-corrected chi connectivity index (χ0v) is 15.6. The van der Waals surface area contributed by atoms with Gasteiger partial charge in [0.05, 0.1) is 10.8 Å². The van der Waals surface area contributed by atoms with Crippen LogP contribution in [0.2, 0.25) is 0 Å². The van der Waals surface area contributed by atoms with Crippen LogP contribution >= 0.6 is 0 Å². The topological polar surface area (TPSA) is 70.3 Å². The molecule has 112 valence electrons. The van der Waals surface area contributed by atoms with Gasteiger partial charge in [-0.2, -0.15) is 0 Å². The minimum atomic E-state index is -1.20. The second kappa shape index (κ2) is 6.48. The fraction of sp³-hybridized carbons (Fsp3) is 0.222. The van der Waals surface area contributed by atoms with Crippen molar-refractivity contribution in [2.75, 3.05) is 0 Å². The summed E-state index contributed by atoms with van der Waals surface area (Å²) in [6.45, 7) is 5.73. The Labute approximate surface area is 155 Å². The fourth-order valence-corrected chi connectivity index (χ4v) is 2.88. The number of fused-ring (bicyclic) bond motifs is 2. The van der Waals surface area contributed by atoms with Crippen molar-refractivity contribution in [3.05, 3.63) is 56.7 Å². The van der Waals surface area contributed by atoms with E-state index in [1.165, 1.54) is 0 Å². The summed E-state index contributed by atoms with van der Waals surface area (Å²) in [6.07, 6.45) is -0.282. The molecule has 0 saturated heterocycles. The van der Waals surface area contributed by atoms with Crippen molar-refractivity contribution < 1.29 is 43.9 Å². The van der Waals surface area contributed by atoms with Crippen LogP contribution in [0, 0.1) is 20.8 Å². The van der Waals surface area contributed by atoms with Crippen molar-refractivity contribution >= 4 is 27.9 Å². The number of hydrogen-bond donors (Lipinski definition) is 0. The number of carbonyl (C=O) groups is 1. The largest absolute Gasteiger partial charge is 1.00 e. The van der Waals surface area contributed by atoms with Crippen LogP contribution in [0.5, 0.6) is 0 Å². The third-order valence-electron chi connectivity index (χ3n) is 4.09. The number of benzene rings is 2. The van der Waals surface area contributed by atoms with Gasteiger partial charge in [0.15, 0.2) is 0 Å². The average molecular weight is 318 g/mol. The average Bonchev–Trinajstić information content (AvgIpc) is 2.45. The Hall–Kier alpha value is -1.62. The number of hydrogen-bond acceptors (Lipinski definition) is 4. The molecule has 3 aromatic rings. The smallest absolute Gasteiger partial charge is 0.550 e. The first-order valence-corrected chi connectivity index (χ1v) is 7.05. The van der Waals surface area contributed by atoms with Crippen LogP contribution in [0.4, 0.5) is 0 Å².